The van der Waals surface area contributed by atoms with Crippen LogP contribution in [0.15, 0.2) is 28.9 Å². The van der Waals surface area contributed by atoms with E-state index >= 15 is 0 Å². The smallest absolute Gasteiger partial charge is 0.121 e. The number of nitrogens with zero attached hydrogens (tertiary/aromatic N) is 2. The quantitative estimate of drug-likeness (QED) is 0.859. The van der Waals surface area contributed by atoms with Gasteiger partial charge in [-0.2, -0.15) is 0 Å². The van der Waals surface area contributed by atoms with Crippen LogP contribution in [0.5, 0.6) is 0 Å². The van der Waals surface area contributed by atoms with Crippen LogP contribution in [0, 0.1) is 0 Å². The summed E-state index contributed by atoms with van der Waals surface area (Å²) in [5.41, 5.74) is 0. The molecule has 2 aromatic heterocycles. The molecule has 0 aliphatic heterocycles. The number of hydrogen-bond acceptors (Lipinski definition) is 3. The summed E-state index contributed by atoms with van der Waals surface area (Å²) in [7, 11) is 3.95. The lowest BCUT2D eigenvalue weighted by Crippen LogP contribution is -2.19. The first-order chi connectivity index (χ1) is 8.24. The third-order valence-electron chi connectivity index (χ3n) is 3.03. The Morgan fingerprint density at radius 3 is 2.82 bits per heavy atom. The highest BCUT2D eigenvalue weighted by Crippen LogP contribution is 2.20. The Morgan fingerprint density at radius 1 is 1.47 bits per heavy atom. The molecule has 0 bridgehead atoms. The van der Waals surface area contributed by atoms with E-state index in [4.69, 9.17) is 4.42 Å². The van der Waals surface area contributed by atoms with E-state index in [-0.39, 0.29) is 6.04 Å². The zero-order valence-corrected chi connectivity index (χ0v) is 10.6. The molecule has 0 amide bonds. The number of furan rings is 1. The Kier molecular flexibility index (Phi) is 3.64. The van der Waals surface area contributed by atoms with Crippen LogP contribution in [-0.4, -0.2) is 16.6 Å². The number of nitrogens with one attached hydrogen (secondary N) is 1. The van der Waals surface area contributed by atoms with E-state index < -0.39 is 0 Å². The molecule has 0 saturated carbocycles. The maximum absolute atomic E-state index is 5.77. The highest BCUT2D eigenvalue weighted by atomic mass is 16.3. The van der Waals surface area contributed by atoms with Gasteiger partial charge in [-0.1, -0.05) is 6.92 Å². The molecule has 0 spiro atoms. The van der Waals surface area contributed by atoms with Gasteiger partial charge in [0, 0.05) is 32.3 Å². The van der Waals surface area contributed by atoms with Gasteiger partial charge in [-0.05, 0) is 19.2 Å². The summed E-state index contributed by atoms with van der Waals surface area (Å²) in [5.74, 6) is 3.06. The van der Waals surface area contributed by atoms with Gasteiger partial charge in [0.05, 0.1) is 6.04 Å². The summed E-state index contributed by atoms with van der Waals surface area (Å²) < 4.78 is 7.81. The van der Waals surface area contributed by atoms with Gasteiger partial charge in [-0.15, -0.1) is 0 Å². The first kappa shape index (κ1) is 11.9. The zero-order valence-electron chi connectivity index (χ0n) is 10.6. The van der Waals surface area contributed by atoms with Gasteiger partial charge in [0.25, 0.3) is 0 Å². The molecule has 92 valence electrons. The molecule has 2 rings (SSSR count). The van der Waals surface area contributed by atoms with E-state index in [1.54, 1.807) is 0 Å². The molecule has 0 aromatic carbocycles. The average molecular weight is 233 g/mol. The van der Waals surface area contributed by atoms with Crippen LogP contribution in [0.25, 0.3) is 0 Å². The fourth-order valence-electron chi connectivity index (χ4n) is 1.89. The SMILES string of the molecule is CCc1ccc(C(Cc2nccn2C)NC)o1. The normalized spacial score (nSPS) is 12.9. The Labute approximate surface area is 102 Å². The van der Waals surface area contributed by atoms with Crippen molar-refractivity contribution in [1.29, 1.82) is 0 Å². The van der Waals surface area contributed by atoms with Crippen molar-refractivity contribution in [2.45, 2.75) is 25.8 Å². The van der Waals surface area contributed by atoms with E-state index in [1.807, 2.05) is 43.2 Å². The molecule has 0 aliphatic rings. The number of rotatable bonds is 5. The molecule has 17 heavy (non-hydrogen) atoms. The van der Waals surface area contributed by atoms with Crippen LogP contribution < -0.4 is 5.32 Å². The van der Waals surface area contributed by atoms with Crippen molar-refractivity contribution in [1.82, 2.24) is 14.9 Å². The van der Waals surface area contributed by atoms with Crippen LogP contribution in [0.1, 0.15) is 30.3 Å². The maximum atomic E-state index is 5.77. The summed E-state index contributed by atoms with van der Waals surface area (Å²) in [4.78, 5) is 4.34. The summed E-state index contributed by atoms with van der Waals surface area (Å²) in [6.07, 6.45) is 5.54. The van der Waals surface area contributed by atoms with Crippen molar-refractivity contribution in [2.24, 2.45) is 7.05 Å². The van der Waals surface area contributed by atoms with Crippen LogP contribution >= 0.6 is 0 Å². The molecule has 4 heteroatoms. The Morgan fingerprint density at radius 2 is 2.29 bits per heavy atom. The lowest BCUT2D eigenvalue weighted by molar-refractivity contribution is 0.401. The topological polar surface area (TPSA) is 43.0 Å². The lowest BCUT2D eigenvalue weighted by atomic mass is 10.1. The standard InChI is InChI=1S/C13H19N3O/c1-4-10-5-6-12(17-10)11(14-2)9-13-15-7-8-16(13)3/h5-8,11,14H,4,9H2,1-3H3. The fourth-order valence-corrected chi connectivity index (χ4v) is 1.89. The Bertz CT molecular complexity index is 472. The van der Waals surface area contributed by atoms with Crippen LogP contribution in [0.2, 0.25) is 0 Å². The maximum Gasteiger partial charge on any atom is 0.121 e. The van der Waals surface area contributed by atoms with Gasteiger partial charge in [0.15, 0.2) is 0 Å². The predicted octanol–water partition coefficient (Wildman–Crippen LogP) is 2.08. The molecule has 0 fully saturated rings. The largest absolute Gasteiger partial charge is 0.464 e. The van der Waals surface area contributed by atoms with Crippen molar-refractivity contribution in [3.63, 3.8) is 0 Å². The van der Waals surface area contributed by atoms with Gasteiger partial charge in [-0.25, -0.2) is 4.98 Å². The first-order valence-corrected chi connectivity index (χ1v) is 5.96. The molecule has 2 heterocycles. The van der Waals surface area contributed by atoms with Crippen LogP contribution in [-0.2, 0) is 19.9 Å². The fraction of sp³-hybridized carbons (Fsp3) is 0.462. The summed E-state index contributed by atoms with van der Waals surface area (Å²) >= 11 is 0. The molecule has 4 nitrogen and oxygen atoms in total. The van der Waals surface area contributed by atoms with E-state index in [0.717, 1.165) is 30.2 Å². The van der Waals surface area contributed by atoms with E-state index in [1.165, 1.54) is 0 Å². The molecule has 1 atom stereocenters. The molecule has 0 saturated heterocycles. The Hall–Kier alpha value is -1.55. The summed E-state index contributed by atoms with van der Waals surface area (Å²) in [6, 6.07) is 4.26. The minimum atomic E-state index is 0.177. The third kappa shape index (κ3) is 2.58. The Balaban J connectivity index is 2.14. The monoisotopic (exact) mass is 233 g/mol. The molecule has 0 radical (unpaired) electrons. The van der Waals surface area contributed by atoms with E-state index in [9.17, 15) is 0 Å². The zero-order chi connectivity index (χ0) is 12.3. The number of aromatic nitrogens is 2. The number of imidazole rings is 1. The van der Waals surface area contributed by atoms with Crippen molar-refractivity contribution in [3.8, 4) is 0 Å². The first-order valence-electron chi connectivity index (χ1n) is 5.96. The van der Waals surface area contributed by atoms with Crippen molar-refractivity contribution < 1.29 is 4.42 Å². The molecule has 1 unspecified atom stereocenters. The molecule has 1 N–H and O–H groups in total. The minimum Gasteiger partial charge on any atom is -0.464 e. The highest BCUT2D eigenvalue weighted by molar-refractivity contribution is 5.12. The lowest BCUT2D eigenvalue weighted by Gasteiger charge is -2.13. The van der Waals surface area contributed by atoms with Gasteiger partial charge in [-0.3, -0.25) is 0 Å². The number of likely N-dealkylation sites (N-methyl/N-ethyl adjacent to an activating group) is 1. The second kappa shape index (κ2) is 5.19. The second-order valence-corrected chi connectivity index (χ2v) is 4.16. The van der Waals surface area contributed by atoms with Crippen LogP contribution in [0.4, 0.5) is 0 Å². The van der Waals surface area contributed by atoms with Gasteiger partial charge in [0.2, 0.25) is 0 Å². The average Bonchev–Trinajstić information content (AvgIpc) is 2.95. The molecule has 0 aliphatic carbocycles. The number of hydrogen-bond donors (Lipinski definition) is 1. The van der Waals surface area contributed by atoms with E-state index in [2.05, 4.69) is 17.2 Å². The van der Waals surface area contributed by atoms with Crippen LogP contribution in [0.3, 0.4) is 0 Å². The van der Waals surface area contributed by atoms with Crippen molar-refractivity contribution in [3.05, 3.63) is 41.9 Å². The van der Waals surface area contributed by atoms with Crippen molar-refractivity contribution >= 4 is 0 Å². The third-order valence-corrected chi connectivity index (χ3v) is 3.03. The molecule has 2 aromatic rings. The van der Waals surface area contributed by atoms with Crippen molar-refractivity contribution in [2.75, 3.05) is 7.05 Å². The summed E-state index contributed by atoms with van der Waals surface area (Å²) in [6.45, 7) is 2.09. The number of aryl methyl sites for hydroxylation is 2. The van der Waals surface area contributed by atoms with Gasteiger partial charge in [0.1, 0.15) is 17.3 Å². The predicted molar refractivity (Wildman–Crippen MR) is 66.8 cm³/mol. The molecular formula is C13H19N3O. The summed E-state index contributed by atoms with van der Waals surface area (Å²) in [5, 5.41) is 3.27. The van der Waals surface area contributed by atoms with Gasteiger partial charge >= 0.3 is 0 Å². The van der Waals surface area contributed by atoms with Gasteiger partial charge < -0.3 is 14.3 Å². The minimum absolute atomic E-state index is 0.177. The highest BCUT2D eigenvalue weighted by Gasteiger charge is 2.16. The molecular weight excluding hydrogens is 214 g/mol. The van der Waals surface area contributed by atoms with E-state index in [0.29, 0.717) is 0 Å². The second-order valence-electron chi connectivity index (χ2n) is 4.16.